The van der Waals surface area contributed by atoms with Crippen molar-refractivity contribution in [3.05, 3.63) is 64.3 Å². The number of halogens is 1. The monoisotopic (exact) mass is 380 g/mol. The Hall–Kier alpha value is -1.97. The fourth-order valence-electron chi connectivity index (χ4n) is 5.37. The molecule has 0 bridgehead atoms. The quantitative estimate of drug-likeness (QED) is 0.690. The Balaban J connectivity index is 1.66. The van der Waals surface area contributed by atoms with Crippen LogP contribution in [0.15, 0.2) is 42.5 Å². The van der Waals surface area contributed by atoms with Crippen LogP contribution in [0.25, 0.3) is 10.9 Å². The molecule has 1 aliphatic carbocycles. The number of hydrogen-bond acceptors (Lipinski definition) is 2. The van der Waals surface area contributed by atoms with Crippen molar-refractivity contribution in [2.24, 2.45) is 5.92 Å². The van der Waals surface area contributed by atoms with Crippen LogP contribution in [0.4, 0.5) is 0 Å². The van der Waals surface area contributed by atoms with E-state index in [1.165, 1.54) is 34.1 Å². The minimum Gasteiger partial charge on any atom is -0.497 e. The lowest BCUT2D eigenvalue weighted by Gasteiger charge is -2.50. The molecule has 2 aliphatic rings. The molecule has 2 unspecified atom stereocenters. The van der Waals surface area contributed by atoms with Crippen molar-refractivity contribution >= 4 is 22.5 Å². The van der Waals surface area contributed by atoms with Gasteiger partial charge in [0.2, 0.25) is 0 Å². The van der Waals surface area contributed by atoms with E-state index in [0.29, 0.717) is 5.92 Å². The molecular weight excluding hydrogens is 356 g/mol. The number of methoxy groups -OCH3 is 1. The van der Waals surface area contributed by atoms with Crippen LogP contribution in [-0.2, 0) is 18.3 Å². The van der Waals surface area contributed by atoms with Gasteiger partial charge in [-0.2, -0.15) is 0 Å². The first kappa shape index (κ1) is 17.2. The number of nitrogens with one attached hydrogen (secondary N) is 1. The van der Waals surface area contributed by atoms with Crippen molar-refractivity contribution in [1.29, 1.82) is 0 Å². The number of hydrogen-bond donors (Lipinski definition) is 1. The molecule has 2 aromatic carbocycles. The van der Waals surface area contributed by atoms with E-state index in [0.717, 1.165) is 36.7 Å². The van der Waals surface area contributed by atoms with Gasteiger partial charge in [-0.15, -0.1) is 0 Å². The van der Waals surface area contributed by atoms with Crippen LogP contribution in [0.3, 0.4) is 0 Å². The lowest BCUT2D eigenvalue weighted by molar-refractivity contribution is 0.0994. The number of fused-ring (bicyclic) bond motifs is 4. The second-order valence-electron chi connectivity index (χ2n) is 8.25. The van der Waals surface area contributed by atoms with Crippen LogP contribution >= 0.6 is 11.6 Å². The molecule has 1 saturated heterocycles. The van der Waals surface area contributed by atoms with Gasteiger partial charge in [-0.1, -0.05) is 29.8 Å². The largest absolute Gasteiger partial charge is 0.497 e. The highest BCUT2D eigenvalue weighted by Gasteiger charge is 2.47. The highest BCUT2D eigenvalue weighted by atomic mass is 35.5. The Bertz CT molecular complexity index is 1010. The minimum atomic E-state index is 0.165. The Morgan fingerprint density at radius 2 is 2.11 bits per heavy atom. The van der Waals surface area contributed by atoms with E-state index in [2.05, 4.69) is 47.3 Å². The van der Waals surface area contributed by atoms with Gasteiger partial charge in [0, 0.05) is 33.6 Å². The molecule has 2 atom stereocenters. The maximum atomic E-state index is 6.24. The van der Waals surface area contributed by atoms with E-state index in [1.807, 2.05) is 12.1 Å². The normalized spacial score (nSPS) is 25.2. The maximum absolute atomic E-state index is 6.24. The van der Waals surface area contributed by atoms with Gasteiger partial charge in [0.1, 0.15) is 5.75 Å². The zero-order valence-electron chi connectivity index (χ0n) is 15.9. The molecular formula is C23H25ClN2O. The summed E-state index contributed by atoms with van der Waals surface area (Å²) in [4.78, 5) is 6.18. The highest BCUT2D eigenvalue weighted by molar-refractivity contribution is 6.31. The molecule has 1 aliphatic heterocycles. The van der Waals surface area contributed by atoms with Gasteiger partial charge < -0.3 is 14.6 Å². The number of aromatic nitrogens is 1. The smallest absolute Gasteiger partial charge is 0.119 e. The topological polar surface area (TPSA) is 28.3 Å². The van der Waals surface area contributed by atoms with Crippen LogP contribution < -0.4 is 4.74 Å². The summed E-state index contributed by atoms with van der Waals surface area (Å²) in [5.41, 5.74) is 5.62. The summed E-state index contributed by atoms with van der Waals surface area (Å²) in [6.07, 6.45) is 3.34. The Kier molecular flexibility index (Phi) is 3.99. The number of benzene rings is 2. The lowest BCUT2D eigenvalue weighted by Crippen LogP contribution is -2.52. The average molecular weight is 381 g/mol. The molecule has 27 heavy (non-hydrogen) atoms. The van der Waals surface area contributed by atoms with Gasteiger partial charge in [-0.3, -0.25) is 0 Å². The van der Waals surface area contributed by atoms with E-state index < -0.39 is 0 Å². The first-order valence-electron chi connectivity index (χ1n) is 9.71. The molecule has 1 aromatic heterocycles. The third-order valence-electron chi connectivity index (χ3n) is 6.80. The second kappa shape index (κ2) is 6.29. The van der Waals surface area contributed by atoms with E-state index in [4.69, 9.17) is 16.3 Å². The summed E-state index contributed by atoms with van der Waals surface area (Å²) in [7, 11) is 4.00. The number of likely N-dealkylation sites (tertiary alicyclic amines) is 1. The first-order valence-corrected chi connectivity index (χ1v) is 10.1. The number of rotatable bonds is 2. The molecule has 0 spiro atoms. The number of nitrogens with zero attached hydrogens (tertiary/aromatic N) is 1. The molecule has 1 N–H and O–H groups in total. The predicted molar refractivity (Wildman–Crippen MR) is 111 cm³/mol. The van der Waals surface area contributed by atoms with E-state index in [9.17, 15) is 0 Å². The van der Waals surface area contributed by atoms with Crippen LogP contribution in [0.5, 0.6) is 5.75 Å². The minimum absolute atomic E-state index is 0.165. The van der Waals surface area contributed by atoms with Gasteiger partial charge in [0.05, 0.1) is 7.11 Å². The molecule has 2 heterocycles. The van der Waals surface area contributed by atoms with E-state index in [1.54, 1.807) is 7.11 Å². The summed E-state index contributed by atoms with van der Waals surface area (Å²) in [6.45, 7) is 2.27. The molecule has 4 heteroatoms. The van der Waals surface area contributed by atoms with Crippen LogP contribution in [-0.4, -0.2) is 37.1 Å². The van der Waals surface area contributed by atoms with Crippen molar-refractivity contribution in [3.63, 3.8) is 0 Å². The molecule has 1 fully saturated rings. The summed E-state index contributed by atoms with van der Waals surface area (Å²) >= 11 is 6.24. The molecule has 0 saturated carbocycles. The molecule has 140 valence electrons. The summed E-state index contributed by atoms with van der Waals surface area (Å²) in [6, 6.07) is 15.0. The maximum Gasteiger partial charge on any atom is 0.119 e. The molecule has 5 rings (SSSR count). The first-order chi connectivity index (χ1) is 13.1. The summed E-state index contributed by atoms with van der Waals surface area (Å²) < 4.78 is 5.54. The number of piperidine rings is 1. The lowest BCUT2D eigenvalue weighted by atomic mass is 9.59. The standard InChI is InChI=1S/C23H25ClN2O/c1-26-9-8-23(15-4-3-5-18(10-15)27-2)13-22-20(11-16(23)14-26)19-7-6-17(24)12-21(19)25-22/h3-7,10,12,16,25H,8-9,11,13-14H2,1-2H3. The van der Waals surface area contributed by atoms with Crippen LogP contribution in [0, 0.1) is 5.92 Å². The SMILES string of the molecule is COc1cccc(C23CCN(C)CC2Cc2c([nH]c4cc(Cl)ccc24)C3)c1. The van der Waals surface area contributed by atoms with Crippen molar-refractivity contribution in [2.45, 2.75) is 24.7 Å². The fourth-order valence-corrected chi connectivity index (χ4v) is 5.55. The van der Waals surface area contributed by atoms with Gasteiger partial charge in [0.25, 0.3) is 0 Å². The van der Waals surface area contributed by atoms with Crippen LogP contribution in [0.1, 0.15) is 23.2 Å². The van der Waals surface area contributed by atoms with Crippen molar-refractivity contribution in [1.82, 2.24) is 9.88 Å². The van der Waals surface area contributed by atoms with Crippen molar-refractivity contribution < 1.29 is 4.74 Å². The fraction of sp³-hybridized carbons (Fsp3) is 0.391. The summed E-state index contributed by atoms with van der Waals surface area (Å²) in [5, 5.41) is 2.13. The molecule has 3 aromatic rings. The second-order valence-corrected chi connectivity index (χ2v) is 8.69. The average Bonchev–Trinajstić information content (AvgIpc) is 3.02. The van der Waals surface area contributed by atoms with Gasteiger partial charge >= 0.3 is 0 Å². The number of H-pyrrole nitrogens is 1. The zero-order chi connectivity index (χ0) is 18.6. The third kappa shape index (κ3) is 2.67. The Labute approximate surface area is 165 Å². The van der Waals surface area contributed by atoms with Crippen LogP contribution in [0.2, 0.25) is 5.02 Å². The van der Waals surface area contributed by atoms with E-state index >= 15 is 0 Å². The number of aromatic amines is 1. The van der Waals surface area contributed by atoms with Gasteiger partial charge in [-0.05, 0) is 74.2 Å². The van der Waals surface area contributed by atoms with Gasteiger partial charge in [-0.25, -0.2) is 0 Å². The van der Waals surface area contributed by atoms with E-state index in [-0.39, 0.29) is 5.41 Å². The highest BCUT2D eigenvalue weighted by Crippen LogP contribution is 2.49. The van der Waals surface area contributed by atoms with Crippen molar-refractivity contribution in [2.75, 3.05) is 27.2 Å². The van der Waals surface area contributed by atoms with Crippen molar-refractivity contribution in [3.8, 4) is 5.75 Å². The molecule has 0 radical (unpaired) electrons. The zero-order valence-corrected chi connectivity index (χ0v) is 16.6. The molecule has 3 nitrogen and oxygen atoms in total. The van der Waals surface area contributed by atoms with Gasteiger partial charge in [0.15, 0.2) is 0 Å². The Morgan fingerprint density at radius 1 is 1.22 bits per heavy atom. The summed E-state index contributed by atoms with van der Waals surface area (Å²) in [5.74, 6) is 1.55. The predicted octanol–water partition coefficient (Wildman–Crippen LogP) is 4.82. The number of ether oxygens (including phenoxy) is 1. The third-order valence-corrected chi connectivity index (χ3v) is 7.03. The Morgan fingerprint density at radius 3 is 2.96 bits per heavy atom. The molecule has 0 amide bonds.